The fraction of sp³-hybridized carbons (Fsp3) is 0.231. The molecule has 2 aromatic carbocycles. The molecule has 2 aliphatic rings. The van der Waals surface area contributed by atoms with Gasteiger partial charge in [-0.3, -0.25) is 24.4 Å². The van der Waals surface area contributed by atoms with Crippen LogP contribution in [-0.2, 0) is 9.59 Å². The summed E-state index contributed by atoms with van der Waals surface area (Å²) in [6, 6.07) is 15.3. The number of nitrogens with one attached hydrogen (secondary N) is 1. The number of carbonyl (C=O) groups is 2. The molecule has 1 N–H and O–H groups in total. The summed E-state index contributed by atoms with van der Waals surface area (Å²) in [5.41, 5.74) is 7.97. The van der Waals surface area contributed by atoms with E-state index in [-0.39, 0.29) is 11.2 Å². The van der Waals surface area contributed by atoms with Crippen LogP contribution in [0.4, 0.5) is 16.5 Å². The number of thiocarbonyl (C=S) groups is 1. The highest BCUT2D eigenvalue weighted by atomic mass is 32.1. The fourth-order valence-electron chi connectivity index (χ4n) is 4.41. The molecule has 0 saturated carbocycles. The summed E-state index contributed by atoms with van der Waals surface area (Å²) in [5, 5.41) is 4.48. The van der Waals surface area contributed by atoms with Gasteiger partial charge in [0.25, 0.3) is 11.8 Å². The second-order valence-electron chi connectivity index (χ2n) is 8.86. The lowest BCUT2D eigenvalue weighted by Crippen LogP contribution is -2.59. The zero-order valence-electron chi connectivity index (χ0n) is 19.9. The molecule has 0 aliphatic carbocycles. The Morgan fingerprint density at radius 1 is 0.943 bits per heavy atom. The molecule has 35 heavy (non-hydrogen) atoms. The third-order valence-electron chi connectivity index (χ3n) is 6.01. The van der Waals surface area contributed by atoms with E-state index >= 15 is 0 Å². The van der Waals surface area contributed by atoms with E-state index < -0.39 is 17.7 Å². The van der Waals surface area contributed by atoms with Gasteiger partial charge in [-0.2, -0.15) is 0 Å². The lowest BCUT2D eigenvalue weighted by atomic mass is 9.99. The summed E-state index contributed by atoms with van der Waals surface area (Å²) < 4.78 is 0. The van der Waals surface area contributed by atoms with Crippen molar-refractivity contribution >= 4 is 57.0 Å². The molecular weight excluding hydrogens is 478 g/mol. The molecule has 7 nitrogen and oxygen atoms in total. The van der Waals surface area contributed by atoms with Crippen molar-refractivity contribution in [1.82, 2.24) is 10.4 Å². The fourth-order valence-corrected chi connectivity index (χ4v) is 5.68. The predicted molar refractivity (Wildman–Crippen MR) is 144 cm³/mol. The van der Waals surface area contributed by atoms with Gasteiger partial charge in [-0.05, 0) is 81.4 Å². The van der Waals surface area contributed by atoms with Crippen molar-refractivity contribution in [2.75, 3.05) is 14.8 Å². The van der Waals surface area contributed by atoms with Crippen LogP contribution < -0.4 is 20.2 Å². The molecule has 9 heteroatoms. The molecule has 1 fully saturated rings. The van der Waals surface area contributed by atoms with Crippen molar-refractivity contribution in [2.45, 2.75) is 39.7 Å². The maximum Gasteiger partial charge on any atom is 0.252 e. The van der Waals surface area contributed by atoms with E-state index in [1.54, 1.807) is 5.38 Å². The number of hydrazine groups is 1. The largest absolute Gasteiger partial charge is 0.273 e. The highest BCUT2D eigenvalue weighted by Gasteiger charge is 2.47. The predicted octanol–water partition coefficient (Wildman–Crippen LogP) is 4.83. The van der Waals surface area contributed by atoms with Crippen molar-refractivity contribution in [3.8, 4) is 0 Å². The average molecular weight is 504 g/mol. The standard InChI is InChI=1S/C26H25N5O2S2/c1-15-7-5-9-19(11-15)29-23(32)22(21-14-35-25(27-21)31-18(4)13-17(3)28-31)24(33)30(26(29)34)20-10-6-8-16(2)12-20/h5-14,17,22,28H,1-4H3. The van der Waals surface area contributed by atoms with E-state index in [0.29, 0.717) is 22.2 Å². The molecule has 0 bridgehead atoms. The van der Waals surface area contributed by atoms with Gasteiger partial charge in [-0.1, -0.05) is 24.3 Å². The molecule has 1 aromatic heterocycles. The Hall–Kier alpha value is -3.40. The van der Waals surface area contributed by atoms with E-state index in [2.05, 4.69) is 11.5 Å². The number of amides is 2. The number of benzene rings is 2. The zero-order chi connectivity index (χ0) is 24.9. The minimum absolute atomic E-state index is 0.136. The van der Waals surface area contributed by atoms with Crippen molar-refractivity contribution in [3.05, 3.63) is 82.5 Å². The normalized spacial score (nSPS) is 19.1. The summed E-state index contributed by atoms with van der Waals surface area (Å²) in [5.74, 6) is -1.92. The van der Waals surface area contributed by atoms with Crippen molar-refractivity contribution in [3.63, 3.8) is 0 Å². The van der Waals surface area contributed by atoms with Crippen molar-refractivity contribution in [2.24, 2.45) is 0 Å². The minimum atomic E-state index is -1.11. The number of hydrogen-bond acceptors (Lipinski definition) is 7. The second kappa shape index (κ2) is 8.99. The first-order valence-electron chi connectivity index (χ1n) is 11.3. The van der Waals surface area contributed by atoms with Gasteiger partial charge in [0.1, 0.15) is 0 Å². The molecule has 178 valence electrons. The highest BCUT2D eigenvalue weighted by Crippen LogP contribution is 2.36. The molecule has 2 aliphatic heterocycles. The Kier molecular flexibility index (Phi) is 6.00. The molecule has 1 unspecified atom stereocenters. The van der Waals surface area contributed by atoms with Crippen molar-refractivity contribution < 1.29 is 9.59 Å². The van der Waals surface area contributed by atoms with Crippen LogP contribution >= 0.6 is 23.6 Å². The van der Waals surface area contributed by atoms with E-state index in [4.69, 9.17) is 17.2 Å². The third-order valence-corrected chi connectivity index (χ3v) is 7.22. The quantitative estimate of drug-likeness (QED) is 0.407. The van der Waals surface area contributed by atoms with Gasteiger partial charge in [0, 0.05) is 17.1 Å². The van der Waals surface area contributed by atoms with E-state index in [1.807, 2.05) is 81.2 Å². The summed E-state index contributed by atoms with van der Waals surface area (Å²) in [6.07, 6.45) is 2.09. The Balaban J connectivity index is 1.60. The number of anilines is 3. The van der Waals surface area contributed by atoms with Gasteiger partial charge < -0.3 is 0 Å². The number of allylic oxidation sites excluding steroid dienone is 1. The third kappa shape index (κ3) is 4.16. The first-order valence-corrected chi connectivity index (χ1v) is 12.6. The Morgan fingerprint density at radius 3 is 2.00 bits per heavy atom. The first kappa shape index (κ1) is 23.3. The lowest BCUT2D eigenvalue weighted by molar-refractivity contribution is -0.128. The molecule has 0 radical (unpaired) electrons. The molecule has 3 aromatic rings. The van der Waals surface area contributed by atoms with Crippen LogP contribution in [0.1, 0.15) is 36.6 Å². The highest BCUT2D eigenvalue weighted by molar-refractivity contribution is 7.81. The number of thiazole rings is 1. The van der Waals surface area contributed by atoms with Gasteiger partial charge in [0.2, 0.25) is 5.13 Å². The number of hydrogen-bond donors (Lipinski definition) is 1. The molecule has 5 rings (SSSR count). The zero-order valence-corrected chi connectivity index (χ0v) is 21.5. The van der Waals surface area contributed by atoms with Crippen LogP contribution in [0.25, 0.3) is 0 Å². The number of rotatable bonds is 4. The molecular formula is C26H25N5O2S2. The van der Waals surface area contributed by atoms with Gasteiger partial charge in [0.05, 0.1) is 17.1 Å². The Morgan fingerprint density at radius 2 is 1.51 bits per heavy atom. The smallest absolute Gasteiger partial charge is 0.252 e. The van der Waals surface area contributed by atoms with Crippen LogP contribution in [0.15, 0.2) is 65.7 Å². The van der Waals surface area contributed by atoms with Crippen LogP contribution in [0.2, 0.25) is 0 Å². The number of aromatic nitrogens is 1. The van der Waals surface area contributed by atoms with Gasteiger partial charge in [-0.15, -0.1) is 11.3 Å². The number of carbonyl (C=O) groups excluding carboxylic acids is 2. The lowest BCUT2D eigenvalue weighted by Gasteiger charge is -2.39. The average Bonchev–Trinajstić information content (AvgIpc) is 3.39. The van der Waals surface area contributed by atoms with Crippen LogP contribution in [0, 0.1) is 13.8 Å². The number of aryl methyl sites for hydroxylation is 2. The molecule has 1 atom stereocenters. The van der Waals surface area contributed by atoms with Gasteiger partial charge in [0.15, 0.2) is 11.0 Å². The Bertz CT molecular complexity index is 1310. The van der Waals surface area contributed by atoms with Crippen LogP contribution in [0.5, 0.6) is 0 Å². The molecule has 3 heterocycles. The van der Waals surface area contributed by atoms with Crippen LogP contribution in [-0.4, -0.2) is 28.0 Å². The maximum absolute atomic E-state index is 13.9. The molecule has 2 amide bonds. The monoisotopic (exact) mass is 503 g/mol. The summed E-state index contributed by atoms with van der Waals surface area (Å²) in [6.45, 7) is 7.95. The van der Waals surface area contributed by atoms with E-state index in [0.717, 1.165) is 16.8 Å². The number of nitrogens with zero attached hydrogens (tertiary/aromatic N) is 4. The molecule has 0 spiro atoms. The summed E-state index contributed by atoms with van der Waals surface area (Å²) in [4.78, 5) is 35.4. The maximum atomic E-state index is 13.9. The van der Waals surface area contributed by atoms with Crippen LogP contribution in [0.3, 0.4) is 0 Å². The topological polar surface area (TPSA) is 68.8 Å². The summed E-state index contributed by atoms with van der Waals surface area (Å²) in [7, 11) is 0. The second-order valence-corrected chi connectivity index (χ2v) is 10.1. The SMILES string of the molecule is CC1=CC(C)NN1c1nc(C2C(=O)N(c3cccc(C)c3)C(=S)N(c3cccc(C)c3)C2=O)cs1. The van der Waals surface area contributed by atoms with E-state index in [1.165, 1.54) is 21.1 Å². The van der Waals surface area contributed by atoms with Crippen molar-refractivity contribution in [1.29, 1.82) is 0 Å². The summed E-state index contributed by atoms with van der Waals surface area (Å²) >= 11 is 7.13. The van der Waals surface area contributed by atoms with E-state index in [9.17, 15) is 9.59 Å². The van der Waals surface area contributed by atoms with Gasteiger partial charge in [-0.25, -0.2) is 10.4 Å². The first-order chi connectivity index (χ1) is 16.7. The van der Waals surface area contributed by atoms with Gasteiger partial charge >= 0.3 is 0 Å². The minimum Gasteiger partial charge on any atom is -0.273 e. The molecule has 1 saturated heterocycles. The Labute approximate surface area is 213 Å².